The van der Waals surface area contributed by atoms with E-state index in [9.17, 15) is 9.59 Å². The molecule has 42 heavy (non-hydrogen) atoms. The van der Waals surface area contributed by atoms with Gasteiger partial charge >= 0.3 is 0 Å². The summed E-state index contributed by atoms with van der Waals surface area (Å²) in [4.78, 5) is 33.8. The van der Waals surface area contributed by atoms with Gasteiger partial charge in [0.05, 0.1) is 17.4 Å². The SMILES string of the molecule is O=C(Nc1ccc(N2CCCCC2)cc1-c1cc(C(=O)NC2CCCc3ccccc32)ccn1)c1cccc(CCl)c1. The molecule has 0 spiro atoms. The lowest BCUT2D eigenvalue weighted by molar-refractivity contribution is 0.0932. The smallest absolute Gasteiger partial charge is 0.255 e. The van der Waals surface area contributed by atoms with Crippen LogP contribution in [0.2, 0.25) is 0 Å². The molecule has 6 rings (SSSR count). The largest absolute Gasteiger partial charge is 0.372 e. The van der Waals surface area contributed by atoms with Crippen LogP contribution < -0.4 is 15.5 Å². The fourth-order valence-electron chi connectivity index (χ4n) is 6.06. The Labute approximate surface area is 252 Å². The third-order valence-electron chi connectivity index (χ3n) is 8.29. The molecule has 1 saturated heterocycles. The monoisotopic (exact) mass is 578 g/mol. The number of aryl methyl sites for hydroxylation is 1. The Hall–Kier alpha value is -4.16. The van der Waals surface area contributed by atoms with Gasteiger partial charge in [0.1, 0.15) is 0 Å². The summed E-state index contributed by atoms with van der Waals surface area (Å²) in [7, 11) is 0. The van der Waals surface area contributed by atoms with E-state index < -0.39 is 0 Å². The maximum atomic E-state index is 13.5. The van der Waals surface area contributed by atoms with Crippen molar-refractivity contribution in [3.8, 4) is 11.3 Å². The highest BCUT2D eigenvalue weighted by Gasteiger charge is 2.23. The third kappa shape index (κ3) is 6.19. The number of nitrogens with one attached hydrogen (secondary N) is 2. The maximum absolute atomic E-state index is 13.5. The molecular formula is C35H35ClN4O2. The van der Waals surface area contributed by atoms with Gasteiger partial charge in [-0.05, 0) is 97.7 Å². The molecular weight excluding hydrogens is 544 g/mol. The molecule has 3 aromatic carbocycles. The lowest BCUT2D eigenvalue weighted by Crippen LogP contribution is -2.31. The van der Waals surface area contributed by atoms with E-state index in [4.69, 9.17) is 11.6 Å². The summed E-state index contributed by atoms with van der Waals surface area (Å²) in [6.45, 7) is 1.99. The highest BCUT2D eigenvalue weighted by molar-refractivity contribution is 6.17. The van der Waals surface area contributed by atoms with E-state index in [0.717, 1.165) is 62.0 Å². The number of hydrogen-bond acceptors (Lipinski definition) is 4. The van der Waals surface area contributed by atoms with Crippen molar-refractivity contribution in [2.75, 3.05) is 23.3 Å². The number of rotatable bonds is 7. The summed E-state index contributed by atoms with van der Waals surface area (Å²) >= 11 is 6.01. The van der Waals surface area contributed by atoms with Gasteiger partial charge in [-0.1, -0.05) is 36.4 Å². The summed E-state index contributed by atoms with van der Waals surface area (Å²) in [6.07, 6.45) is 8.22. The molecule has 2 aliphatic rings. The van der Waals surface area contributed by atoms with Crippen LogP contribution in [0.3, 0.4) is 0 Å². The second-order valence-electron chi connectivity index (χ2n) is 11.1. The van der Waals surface area contributed by atoms with E-state index in [1.165, 1.54) is 17.5 Å². The highest BCUT2D eigenvalue weighted by atomic mass is 35.5. The van der Waals surface area contributed by atoms with Crippen LogP contribution in [0, 0.1) is 0 Å². The number of fused-ring (bicyclic) bond motifs is 1. The molecule has 1 fully saturated rings. The molecule has 0 radical (unpaired) electrons. The number of carbonyl (C=O) groups excluding carboxylic acids is 2. The molecule has 2 amide bonds. The third-order valence-corrected chi connectivity index (χ3v) is 8.60. The molecule has 1 aromatic heterocycles. The summed E-state index contributed by atoms with van der Waals surface area (Å²) < 4.78 is 0. The lowest BCUT2D eigenvalue weighted by Gasteiger charge is -2.29. The van der Waals surface area contributed by atoms with Crippen molar-refractivity contribution in [3.63, 3.8) is 0 Å². The Kier molecular flexibility index (Phi) is 8.52. The van der Waals surface area contributed by atoms with Crippen molar-refractivity contribution in [2.24, 2.45) is 0 Å². The Morgan fingerprint density at radius 2 is 1.69 bits per heavy atom. The first-order valence-electron chi connectivity index (χ1n) is 14.8. The van der Waals surface area contributed by atoms with Crippen LogP contribution in [0.1, 0.15) is 75.6 Å². The zero-order valence-electron chi connectivity index (χ0n) is 23.6. The molecule has 4 aromatic rings. The van der Waals surface area contributed by atoms with Gasteiger partial charge in [-0.3, -0.25) is 14.6 Å². The van der Waals surface area contributed by atoms with Gasteiger partial charge in [-0.15, -0.1) is 11.6 Å². The minimum absolute atomic E-state index is 0.0138. The van der Waals surface area contributed by atoms with E-state index in [0.29, 0.717) is 28.4 Å². The summed E-state index contributed by atoms with van der Waals surface area (Å²) in [5.41, 5.74) is 7.59. The lowest BCUT2D eigenvalue weighted by atomic mass is 9.87. The van der Waals surface area contributed by atoms with Crippen molar-refractivity contribution in [3.05, 3.63) is 113 Å². The minimum Gasteiger partial charge on any atom is -0.372 e. The van der Waals surface area contributed by atoms with Gasteiger partial charge in [0.25, 0.3) is 11.8 Å². The summed E-state index contributed by atoms with van der Waals surface area (Å²) in [6, 6.07) is 25.3. The van der Waals surface area contributed by atoms with Crippen molar-refractivity contribution in [1.82, 2.24) is 10.3 Å². The second kappa shape index (κ2) is 12.8. The predicted octanol–water partition coefficient (Wildman–Crippen LogP) is 7.54. The van der Waals surface area contributed by atoms with Crippen LogP contribution >= 0.6 is 11.6 Å². The van der Waals surface area contributed by atoms with Crippen LogP contribution in [0.5, 0.6) is 0 Å². The van der Waals surface area contributed by atoms with Crippen molar-refractivity contribution in [2.45, 2.75) is 50.4 Å². The van der Waals surface area contributed by atoms with Crippen molar-refractivity contribution in [1.29, 1.82) is 0 Å². The van der Waals surface area contributed by atoms with Gasteiger partial charge in [0.15, 0.2) is 0 Å². The average molecular weight is 579 g/mol. The Bertz CT molecular complexity index is 1600. The number of nitrogens with zero attached hydrogens (tertiary/aromatic N) is 2. The number of anilines is 2. The summed E-state index contributed by atoms with van der Waals surface area (Å²) in [5.74, 6) is -0.0166. The summed E-state index contributed by atoms with van der Waals surface area (Å²) in [5, 5.41) is 6.35. The van der Waals surface area contributed by atoms with Crippen LogP contribution in [0.4, 0.5) is 11.4 Å². The van der Waals surface area contributed by atoms with Gasteiger partial charge in [-0.25, -0.2) is 0 Å². The number of amides is 2. The first-order chi connectivity index (χ1) is 20.6. The molecule has 2 heterocycles. The van der Waals surface area contributed by atoms with Gasteiger partial charge in [0.2, 0.25) is 0 Å². The molecule has 214 valence electrons. The number of carbonyl (C=O) groups is 2. The van der Waals surface area contributed by atoms with Gasteiger partial charge in [-0.2, -0.15) is 0 Å². The first kappa shape index (κ1) is 28.0. The highest BCUT2D eigenvalue weighted by Crippen LogP contribution is 2.34. The Balaban J connectivity index is 1.31. The van der Waals surface area contributed by atoms with Crippen LogP contribution in [0.25, 0.3) is 11.3 Å². The maximum Gasteiger partial charge on any atom is 0.255 e. The fourth-order valence-corrected chi connectivity index (χ4v) is 6.22. The first-order valence-corrected chi connectivity index (χ1v) is 15.3. The van der Waals surface area contributed by atoms with E-state index in [1.54, 1.807) is 24.4 Å². The number of pyridine rings is 1. The Morgan fingerprint density at radius 3 is 2.55 bits per heavy atom. The number of alkyl halides is 1. The Morgan fingerprint density at radius 1 is 0.857 bits per heavy atom. The number of hydrogen-bond donors (Lipinski definition) is 2. The normalized spacial score (nSPS) is 16.4. The van der Waals surface area contributed by atoms with E-state index >= 15 is 0 Å². The number of halogens is 1. The quantitative estimate of drug-likeness (QED) is 0.222. The van der Waals surface area contributed by atoms with E-state index in [2.05, 4.69) is 50.8 Å². The molecule has 6 nitrogen and oxygen atoms in total. The zero-order chi connectivity index (χ0) is 28.9. The van der Waals surface area contributed by atoms with Crippen molar-refractivity contribution < 1.29 is 9.59 Å². The number of aromatic nitrogens is 1. The molecule has 1 aliphatic carbocycles. The topological polar surface area (TPSA) is 74.3 Å². The van der Waals surface area contributed by atoms with Crippen molar-refractivity contribution >= 4 is 34.8 Å². The van der Waals surface area contributed by atoms with Crippen LogP contribution in [0.15, 0.2) is 85.1 Å². The fraction of sp³-hybridized carbons (Fsp3) is 0.286. The molecule has 0 saturated carbocycles. The van der Waals surface area contributed by atoms with Gasteiger partial charge in [0, 0.05) is 47.5 Å². The molecule has 1 unspecified atom stereocenters. The van der Waals surface area contributed by atoms with Crippen LogP contribution in [-0.2, 0) is 12.3 Å². The average Bonchev–Trinajstić information content (AvgIpc) is 3.05. The second-order valence-corrected chi connectivity index (χ2v) is 11.4. The number of benzene rings is 3. The zero-order valence-corrected chi connectivity index (χ0v) is 24.4. The molecule has 1 aliphatic heterocycles. The van der Waals surface area contributed by atoms with E-state index in [-0.39, 0.29) is 17.9 Å². The molecule has 7 heteroatoms. The number of piperidine rings is 1. The molecule has 2 N–H and O–H groups in total. The standard InChI is InChI=1S/C35H35ClN4O2/c36-23-24-8-6-11-26(20-24)34(41)39-32-15-14-28(40-18-4-1-5-19-40)22-30(32)33-21-27(16-17-37-33)35(42)38-31-13-7-10-25-9-2-3-12-29(25)31/h2-3,6,8-9,11-12,14-17,20-22,31H,1,4-5,7,10,13,18-19,23H2,(H,38,42)(H,39,41). The van der Waals surface area contributed by atoms with E-state index in [1.807, 2.05) is 30.3 Å². The predicted molar refractivity (Wildman–Crippen MR) is 169 cm³/mol. The van der Waals surface area contributed by atoms with Crippen LogP contribution in [-0.4, -0.2) is 29.9 Å². The minimum atomic E-state index is -0.223. The van der Waals surface area contributed by atoms with Gasteiger partial charge < -0.3 is 15.5 Å². The molecule has 1 atom stereocenters. The molecule has 0 bridgehead atoms.